The maximum atomic E-state index is 12.8. The van der Waals surface area contributed by atoms with Gasteiger partial charge in [0.1, 0.15) is 5.69 Å². The molecule has 0 bridgehead atoms. The minimum atomic E-state index is -1.89. The highest BCUT2D eigenvalue weighted by molar-refractivity contribution is 6.36. The maximum absolute atomic E-state index is 12.8. The number of rotatable bonds is 1. The normalized spacial score (nSPS) is 22.6. The molecule has 0 saturated heterocycles. The van der Waals surface area contributed by atoms with Gasteiger partial charge in [-0.25, -0.2) is 14.3 Å². The summed E-state index contributed by atoms with van der Waals surface area (Å²) in [6.45, 7) is 1.39. The first-order chi connectivity index (χ1) is 11.1. The van der Waals surface area contributed by atoms with E-state index in [0.29, 0.717) is 32.6 Å². The maximum Gasteiger partial charge on any atom is 0.372 e. The lowest BCUT2D eigenvalue weighted by molar-refractivity contribution is -0.145. The van der Waals surface area contributed by atoms with E-state index in [2.05, 4.69) is 4.99 Å². The highest BCUT2D eigenvalue weighted by Gasteiger charge is 2.48. The number of quaternary nitrogens is 1. The molecule has 2 aromatic rings. The van der Waals surface area contributed by atoms with Crippen molar-refractivity contribution >= 4 is 40.5 Å². The Morgan fingerprint density at radius 1 is 1.08 bits per heavy atom. The average molecular weight is 364 g/mol. The Balaban J connectivity index is 2.41. The third-order valence-corrected chi connectivity index (χ3v) is 4.75. The molecule has 1 aliphatic heterocycles. The van der Waals surface area contributed by atoms with Gasteiger partial charge in [0.15, 0.2) is 0 Å². The average Bonchev–Trinajstić information content (AvgIpc) is 2.56. The van der Waals surface area contributed by atoms with Crippen LogP contribution in [0.15, 0.2) is 47.5 Å². The molecule has 24 heavy (non-hydrogen) atoms. The van der Waals surface area contributed by atoms with E-state index in [9.17, 15) is 9.90 Å². The zero-order valence-corrected chi connectivity index (χ0v) is 15.1. The molecule has 0 radical (unpaired) electrons. The zero-order valence-electron chi connectivity index (χ0n) is 13.5. The second-order valence-electron chi connectivity index (χ2n) is 6.38. The molecular weight excluding hydrogens is 347 g/mol. The Morgan fingerprint density at radius 2 is 1.75 bits per heavy atom. The predicted molar refractivity (Wildman–Crippen MR) is 97.8 cm³/mol. The minimum Gasteiger partial charge on any atom is -0.359 e. The van der Waals surface area contributed by atoms with E-state index in [1.54, 1.807) is 44.4 Å². The van der Waals surface area contributed by atoms with Crippen LogP contribution >= 0.6 is 23.2 Å². The summed E-state index contributed by atoms with van der Waals surface area (Å²) < 4.78 is -0.156. The predicted octanol–water partition coefficient (Wildman–Crippen LogP) is 3.65. The van der Waals surface area contributed by atoms with Gasteiger partial charge in [-0.3, -0.25) is 0 Å². The molecule has 0 aromatic heterocycles. The molecule has 2 aromatic carbocycles. The van der Waals surface area contributed by atoms with Gasteiger partial charge in [0.05, 0.1) is 25.4 Å². The van der Waals surface area contributed by atoms with E-state index in [0.717, 1.165) is 0 Å². The van der Waals surface area contributed by atoms with Crippen LogP contribution in [-0.4, -0.2) is 36.5 Å². The topological polar surface area (TPSA) is 49.7 Å². The number of benzene rings is 2. The van der Waals surface area contributed by atoms with Gasteiger partial charge in [0.2, 0.25) is 0 Å². The van der Waals surface area contributed by atoms with E-state index in [4.69, 9.17) is 23.2 Å². The molecule has 4 nitrogen and oxygen atoms in total. The van der Waals surface area contributed by atoms with Crippen molar-refractivity contribution in [1.82, 2.24) is 4.48 Å². The number of amides is 1. The summed E-state index contributed by atoms with van der Waals surface area (Å²) in [5.74, 6) is -0.437. The van der Waals surface area contributed by atoms with Gasteiger partial charge in [-0.2, -0.15) is 0 Å². The Morgan fingerprint density at radius 3 is 2.42 bits per heavy atom. The van der Waals surface area contributed by atoms with Gasteiger partial charge >= 0.3 is 5.91 Å². The Kier molecular flexibility index (Phi) is 4.04. The highest BCUT2D eigenvalue weighted by atomic mass is 35.5. The lowest BCUT2D eigenvalue weighted by atomic mass is 9.99. The number of fused-ring (bicyclic) bond motifs is 1. The van der Waals surface area contributed by atoms with E-state index >= 15 is 0 Å². The third-order valence-electron chi connectivity index (χ3n) is 4.19. The van der Waals surface area contributed by atoms with Crippen LogP contribution in [0, 0.1) is 0 Å². The fourth-order valence-electron chi connectivity index (χ4n) is 3.01. The highest BCUT2D eigenvalue weighted by Crippen LogP contribution is 2.36. The van der Waals surface area contributed by atoms with Crippen LogP contribution in [0.2, 0.25) is 10.0 Å². The molecule has 0 aliphatic carbocycles. The van der Waals surface area contributed by atoms with Gasteiger partial charge < -0.3 is 5.11 Å². The van der Waals surface area contributed by atoms with Crippen LogP contribution in [0.1, 0.15) is 18.1 Å². The number of likely N-dealkylation sites (N-methyl/N-ethyl adjacent to an activating group) is 1. The second-order valence-corrected chi connectivity index (χ2v) is 7.22. The van der Waals surface area contributed by atoms with Crippen molar-refractivity contribution in [2.45, 2.75) is 12.6 Å². The molecule has 124 valence electrons. The van der Waals surface area contributed by atoms with E-state index in [1.165, 1.54) is 6.92 Å². The molecule has 1 N–H and O–H groups in total. The Labute approximate surface area is 150 Å². The van der Waals surface area contributed by atoms with Crippen LogP contribution in [0.25, 0.3) is 0 Å². The summed E-state index contributed by atoms with van der Waals surface area (Å²) >= 11 is 12.5. The third kappa shape index (κ3) is 2.66. The first kappa shape index (κ1) is 17.1. The van der Waals surface area contributed by atoms with Gasteiger partial charge in [-0.05, 0) is 25.1 Å². The summed E-state index contributed by atoms with van der Waals surface area (Å²) in [6, 6.07) is 12.4. The van der Waals surface area contributed by atoms with Crippen molar-refractivity contribution in [1.29, 1.82) is 0 Å². The van der Waals surface area contributed by atoms with Crippen molar-refractivity contribution in [2.75, 3.05) is 14.1 Å². The Hall–Kier alpha value is -1.72. The van der Waals surface area contributed by atoms with Crippen molar-refractivity contribution in [3.8, 4) is 0 Å². The van der Waals surface area contributed by atoms with Crippen molar-refractivity contribution in [2.24, 2.45) is 4.99 Å². The van der Waals surface area contributed by atoms with Crippen LogP contribution in [0.3, 0.4) is 0 Å². The van der Waals surface area contributed by atoms with Crippen molar-refractivity contribution in [3.63, 3.8) is 0 Å². The number of hydrogen-bond acceptors (Lipinski definition) is 3. The van der Waals surface area contributed by atoms with E-state index in [-0.39, 0.29) is 4.48 Å². The monoisotopic (exact) mass is 363 g/mol. The van der Waals surface area contributed by atoms with Gasteiger partial charge in [0.25, 0.3) is 5.72 Å². The molecule has 1 amide bonds. The molecular formula is C18H17Cl2N2O2+. The molecule has 0 spiro atoms. The smallest absolute Gasteiger partial charge is 0.359 e. The standard InChI is InChI=1S/C18H17Cl2N2O2/c1-18(24)17(23)22(2,3)15-9-8-11(19)10-13(15)16(21-18)12-6-4-5-7-14(12)20/h4-10,24H,1-3H3/q+1. The SMILES string of the molecule is CC1(O)N=C(c2ccccc2Cl)c2cc(Cl)ccc2[N+](C)(C)C1=O. The van der Waals surface area contributed by atoms with Crippen LogP contribution in [0.4, 0.5) is 5.69 Å². The van der Waals surface area contributed by atoms with Crippen molar-refractivity contribution in [3.05, 3.63) is 63.6 Å². The summed E-state index contributed by atoms with van der Waals surface area (Å²) in [6.07, 6.45) is 0. The van der Waals surface area contributed by atoms with E-state index < -0.39 is 11.6 Å². The number of aliphatic imine (C=N–C) groups is 1. The van der Waals surface area contributed by atoms with Gasteiger partial charge in [0, 0.05) is 21.7 Å². The van der Waals surface area contributed by atoms with Gasteiger partial charge in [-0.15, -0.1) is 0 Å². The number of halogens is 2. The first-order valence-electron chi connectivity index (χ1n) is 7.41. The number of carbonyl (C=O) groups excluding carboxylic acids is 1. The first-order valence-corrected chi connectivity index (χ1v) is 8.17. The minimum absolute atomic E-state index is 0.156. The fourth-order valence-corrected chi connectivity index (χ4v) is 3.41. The number of aliphatic hydroxyl groups is 1. The van der Waals surface area contributed by atoms with Crippen LogP contribution < -0.4 is 4.48 Å². The summed E-state index contributed by atoms with van der Waals surface area (Å²) in [5.41, 5.74) is 0.564. The lowest BCUT2D eigenvalue weighted by Gasteiger charge is -2.29. The number of hydrogen-bond donors (Lipinski definition) is 1. The molecule has 1 heterocycles. The fraction of sp³-hybridized carbons (Fsp3) is 0.222. The number of carbonyl (C=O) groups is 1. The second kappa shape index (κ2) is 5.67. The number of benzodiazepines with no additional fused rings is 1. The molecule has 6 heteroatoms. The van der Waals surface area contributed by atoms with Crippen LogP contribution in [0.5, 0.6) is 0 Å². The molecule has 1 unspecified atom stereocenters. The molecule has 0 saturated carbocycles. The summed E-state index contributed by atoms with van der Waals surface area (Å²) in [4.78, 5) is 17.2. The lowest BCUT2D eigenvalue weighted by Crippen LogP contribution is -2.56. The summed E-state index contributed by atoms with van der Waals surface area (Å²) in [5, 5.41) is 11.7. The largest absolute Gasteiger partial charge is 0.372 e. The molecule has 0 fully saturated rings. The van der Waals surface area contributed by atoms with Gasteiger partial charge in [-0.1, -0.05) is 41.4 Å². The molecule has 1 atom stereocenters. The van der Waals surface area contributed by atoms with E-state index in [1.807, 2.05) is 12.1 Å². The number of nitrogens with zero attached hydrogens (tertiary/aromatic N) is 2. The summed E-state index contributed by atoms with van der Waals surface area (Å²) in [7, 11) is 3.43. The molecule has 1 aliphatic rings. The van der Waals surface area contributed by atoms with Crippen molar-refractivity contribution < 1.29 is 9.90 Å². The van der Waals surface area contributed by atoms with Crippen LogP contribution in [-0.2, 0) is 4.79 Å². The Bertz CT molecular complexity index is 873. The quantitative estimate of drug-likeness (QED) is 0.786. The zero-order chi connectivity index (χ0) is 17.7. The molecule has 3 rings (SSSR count).